The van der Waals surface area contributed by atoms with Gasteiger partial charge in [0, 0.05) is 58.4 Å². The zero-order valence-corrected chi connectivity index (χ0v) is 24.8. The number of likely N-dealkylation sites (tertiary alicyclic amines) is 1. The molecule has 218 valence electrons. The second-order valence-corrected chi connectivity index (χ2v) is 12.2. The summed E-state index contributed by atoms with van der Waals surface area (Å²) >= 11 is 0. The van der Waals surface area contributed by atoms with Crippen molar-refractivity contribution in [3.05, 3.63) is 30.1 Å². The fourth-order valence-corrected chi connectivity index (χ4v) is 5.45. The first-order valence-corrected chi connectivity index (χ1v) is 14.4. The van der Waals surface area contributed by atoms with E-state index in [1.807, 2.05) is 54.5 Å². The van der Waals surface area contributed by atoms with Gasteiger partial charge in [-0.1, -0.05) is 26.0 Å². The molecule has 0 radical (unpaired) electrons. The highest BCUT2D eigenvalue weighted by Gasteiger charge is 2.40. The lowest BCUT2D eigenvalue weighted by atomic mass is 9.88. The number of amides is 2. The Bertz CT molecular complexity index is 1240. The van der Waals surface area contributed by atoms with E-state index in [-0.39, 0.29) is 29.9 Å². The molecule has 10 heteroatoms. The number of rotatable bonds is 10. The Balaban J connectivity index is 1.67. The summed E-state index contributed by atoms with van der Waals surface area (Å²) in [5.74, 6) is 0.540. The lowest BCUT2D eigenvalue weighted by Gasteiger charge is -2.43. The molecule has 3 heterocycles. The van der Waals surface area contributed by atoms with E-state index in [9.17, 15) is 9.59 Å². The lowest BCUT2D eigenvalue weighted by Crippen LogP contribution is -2.57. The fourth-order valence-electron chi connectivity index (χ4n) is 5.45. The maximum absolute atomic E-state index is 14.4. The van der Waals surface area contributed by atoms with E-state index in [1.165, 1.54) is 0 Å². The number of hydrogen-bond acceptors (Lipinski definition) is 7. The van der Waals surface area contributed by atoms with Crippen molar-refractivity contribution in [1.82, 2.24) is 19.4 Å². The molecule has 1 fully saturated rings. The smallest absolute Gasteiger partial charge is 0.410 e. The van der Waals surface area contributed by atoms with Gasteiger partial charge in [-0.05, 0) is 58.1 Å². The molecule has 0 bridgehead atoms. The molecule has 0 N–H and O–H groups in total. The first-order valence-electron chi connectivity index (χ1n) is 14.4. The van der Waals surface area contributed by atoms with Crippen LogP contribution in [-0.4, -0.2) is 88.3 Å². The van der Waals surface area contributed by atoms with E-state index < -0.39 is 5.60 Å². The second kappa shape index (κ2) is 12.9. The molecule has 1 aromatic carbocycles. The molecular formula is C30H44N6O4. The van der Waals surface area contributed by atoms with Crippen LogP contribution in [0, 0.1) is 11.8 Å². The number of carbonyl (C=O) groups excluding carboxylic acids is 2. The van der Waals surface area contributed by atoms with Gasteiger partial charge in [-0.2, -0.15) is 10.2 Å². The Morgan fingerprint density at radius 3 is 2.60 bits per heavy atom. The maximum Gasteiger partial charge on any atom is 0.410 e. The van der Waals surface area contributed by atoms with E-state index in [2.05, 4.69) is 24.1 Å². The number of ether oxygens (including phenoxy) is 2. The summed E-state index contributed by atoms with van der Waals surface area (Å²) in [6.07, 6.45) is 4.55. The molecular weight excluding hydrogens is 508 g/mol. The third-order valence-electron chi connectivity index (χ3n) is 7.21. The molecule has 0 saturated carbocycles. The predicted molar refractivity (Wildman–Crippen MR) is 157 cm³/mol. The van der Waals surface area contributed by atoms with Crippen LogP contribution in [0.3, 0.4) is 0 Å². The Morgan fingerprint density at radius 1 is 1.15 bits per heavy atom. The van der Waals surface area contributed by atoms with Crippen molar-refractivity contribution in [2.45, 2.75) is 78.5 Å². The van der Waals surface area contributed by atoms with Crippen molar-refractivity contribution in [2.24, 2.45) is 22.0 Å². The number of methoxy groups -OCH3 is 1. The summed E-state index contributed by atoms with van der Waals surface area (Å²) in [6.45, 7) is 12.6. The SMILES string of the molecule is COCCCCn1c(C(=O)N(CC(C)C)[C@H]2C[C@@H](C3=NN=CC3)CN(C(=O)OC(C)(C)C)C2)nc2ccccc21. The van der Waals surface area contributed by atoms with Crippen molar-refractivity contribution in [3.63, 3.8) is 0 Å². The van der Waals surface area contributed by atoms with E-state index in [0.717, 1.165) is 29.6 Å². The molecule has 0 unspecified atom stereocenters. The number of hydrogen-bond donors (Lipinski definition) is 0. The van der Waals surface area contributed by atoms with Gasteiger partial charge < -0.3 is 23.8 Å². The van der Waals surface area contributed by atoms with Gasteiger partial charge in [-0.3, -0.25) is 4.79 Å². The quantitative estimate of drug-likeness (QED) is 0.385. The molecule has 10 nitrogen and oxygen atoms in total. The molecule has 2 aliphatic heterocycles. The number of unbranched alkanes of at least 4 members (excludes halogenated alkanes) is 1. The minimum Gasteiger partial charge on any atom is -0.444 e. The van der Waals surface area contributed by atoms with Crippen LogP contribution in [0.2, 0.25) is 0 Å². The van der Waals surface area contributed by atoms with Gasteiger partial charge in [0.15, 0.2) is 5.82 Å². The fraction of sp³-hybridized carbons (Fsp3) is 0.633. The highest BCUT2D eigenvalue weighted by Crippen LogP contribution is 2.28. The molecule has 4 rings (SSSR count). The molecule has 2 atom stereocenters. The topological polar surface area (TPSA) is 102 Å². The molecule has 2 aliphatic rings. The number of aryl methyl sites for hydroxylation is 1. The Kier molecular flexibility index (Phi) is 9.60. The normalized spacial score (nSPS) is 19.4. The average molecular weight is 553 g/mol. The summed E-state index contributed by atoms with van der Waals surface area (Å²) in [4.78, 5) is 36.2. The molecule has 2 amide bonds. The Hall–Kier alpha value is -3.27. The number of carbonyl (C=O) groups is 2. The predicted octanol–water partition coefficient (Wildman–Crippen LogP) is 5.02. The van der Waals surface area contributed by atoms with E-state index in [0.29, 0.717) is 51.5 Å². The number of piperidine rings is 1. The van der Waals surface area contributed by atoms with Gasteiger partial charge in [0.2, 0.25) is 0 Å². The van der Waals surface area contributed by atoms with Crippen molar-refractivity contribution in [1.29, 1.82) is 0 Å². The zero-order valence-electron chi connectivity index (χ0n) is 24.8. The van der Waals surface area contributed by atoms with Crippen LogP contribution < -0.4 is 0 Å². The largest absolute Gasteiger partial charge is 0.444 e. The molecule has 1 saturated heterocycles. The summed E-state index contributed by atoms with van der Waals surface area (Å²) < 4.78 is 13.0. The molecule has 0 spiro atoms. The van der Waals surface area contributed by atoms with Gasteiger partial charge in [0.1, 0.15) is 5.60 Å². The second-order valence-electron chi connectivity index (χ2n) is 12.2. The standard InChI is InChI=1S/C30H44N6O4/c1-21(2)18-36(28(37)27-32-25-11-7-8-12-26(25)35(27)15-9-10-16-39-6)23-17-22(24-13-14-31-33-24)19-34(20-23)29(38)40-30(3,4)5/h7-8,11-12,14,21-23H,9-10,13,15-20H2,1-6H3/t22-,23+/m1/s1. The van der Waals surface area contributed by atoms with Gasteiger partial charge in [0.05, 0.1) is 22.8 Å². The highest BCUT2D eigenvalue weighted by atomic mass is 16.6. The van der Waals surface area contributed by atoms with E-state index in [4.69, 9.17) is 14.5 Å². The van der Waals surface area contributed by atoms with Crippen LogP contribution in [-0.2, 0) is 16.0 Å². The minimum absolute atomic E-state index is 0.0101. The van der Waals surface area contributed by atoms with Crippen molar-refractivity contribution in [2.75, 3.05) is 33.4 Å². The monoisotopic (exact) mass is 552 g/mol. The van der Waals surface area contributed by atoms with Gasteiger partial charge in [0.25, 0.3) is 5.91 Å². The third-order valence-corrected chi connectivity index (χ3v) is 7.21. The first kappa shape index (κ1) is 29.7. The Morgan fingerprint density at radius 2 is 1.93 bits per heavy atom. The van der Waals surface area contributed by atoms with Crippen LogP contribution in [0.25, 0.3) is 11.0 Å². The number of imidazole rings is 1. The van der Waals surface area contributed by atoms with E-state index >= 15 is 0 Å². The van der Waals surface area contributed by atoms with Crippen molar-refractivity contribution in [3.8, 4) is 0 Å². The maximum atomic E-state index is 14.4. The highest BCUT2D eigenvalue weighted by molar-refractivity contribution is 6.00. The Labute approximate surface area is 237 Å². The van der Waals surface area contributed by atoms with Crippen LogP contribution in [0.1, 0.15) is 70.9 Å². The number of benzene rings is 1. The lowest BCUT2D eigenvalue weighted by molar-refractivity contribution is 0.00539. The third kappa shape index (κ3) is 7.27. The zero-order chi connectivity index (χ0) is 28.9. The van der Waals surface area contributed by atoms with Crippen LogP contribution in [0.5, 0.6) is 0 Å². The molecule has 1 aromatic heterocycles. The van der Waals surface area contributed by atoms with Crippen molar-refractivity contribution >= 4 is 35.0 Å². The number of para-hydroxylation sites is 2. The van der Waals surface area contributed by atoms with Crippen LogP contribution in [0.4, 0.5) is 4.79 Å². The first-order chi connectivity index (χ1) is 19.1. The summed E-state index contributed by atoms with van der Waals surface area (Å²) in [5.41, 5.74) is 2.08. The molecule has 40 heavy (non-hydrogen) atoms. The number of nitrogens with zero attached hydrogens (tertiary/aromatic N) is 6. The van der Waals surface area contributed by atoms with Gasteiger partial charge >= 0.3 is 6.09 Å². The summed E-state index contributed by atoms with van der Waals surface area (Å²) in [6, 6.07) is 7.67. The van der Waals surface area contributed by atoms with Gasteiger partial charge in [-0.15, -0.1) is 0 Å². The van der Waals surface area contributed by atoms with Crippen LogP contribution >= 0.6 is 0 Å². The minimum atomic E-state index is -0.616. The van der Waals surface area contributed by atoms with E-state index in [1.54, 1.807) is 18.2 Å². The van der Waals surface area contributed by atoms with Gasteiger partial charge in [-0.25, -0.2) is 9.78 Å². The van der Waals surface area contributed by atoms with Crippen LogP contribution in [0.15, 0.2) is 34.5 Å². The number of fused-ring (bicyclic) bond motifs is 1. The van der Waals surface area contributed by atoms with Crippen molar-refractivity contribution < 1.29 is 19.1 Å². The molecule has 0 aliphatic carbocycles. The average Bonchev–Trinajstić information content (AvgIpc) is 3.57. The number of aromatic nitrogens is 2. The summed E-state index contributed by atoms with van der Waals surface area (Å²) in [7, 11) is 1.70. The molecule has 2 aromatic rings. The summed E-state index contributed by atoms with van der Waals surface area (Å²) in [5, 5.41) is 8.43.